The van der Waals surface area contributed by atoms with Crippen LogP contribution in [0.1, 0.15) is 52.3 Å². The number of anilines is 1. The first-order chi connectivity index (χ1) is 14.0. The highest BCUT2D eigenvalue weighted by Crippen LogP contribution is 2.25. The first-order valence-electron chi connectivity index (χ1n) is 10.2. The summed E-state index contributed by atoms with van der Waals surface area (Å²) in [5.74, 6) is 2.23. The summed E-state index contributed by atoms with van der Waals surface area (Å²) in [5.41, 5.74) is 2.50. The number of hydrogen-bond donors (Lipinski definition) is 1. The number of hydrogen-bond acceptors (Lipinski definition) is 7. The van der Waals surface area contributed by atoms with Gasteiger partial charge in [-0.1, -0.05) is 13.3 Å². The number of nitrogens with zero attached hydrogens (tertiary/aromatic N) is 4. The van der Waals surface area contributed by atoms with Gasteiger partial charge in [0.1, 0.15) is 11.6 Å². The van der Waals surface area contributed by atoms with Crippen molar-refractivity contribution in [1.29, 1.82) is 0 Å². The van der Waals surface area contributed by atoms with Crippen molar-refractivity contribution in [2.24, 2.45) is 0 Å². The second-order valence-electron chi connectivity index (χ2n) is 7.22. The van der Waals surface area contributed by atoms with Gasteiger partial charge >= 0.3 is 5.97 Å². The summed E-state index contributed by atoms with van der Waals surface area (Å²) in [4.78, 5) is 16.3. The highest BCUT2D eigenvalue weighted by molar-refractivity contribution is 5.84. The van der Waals surface area contributed by atoms with Crippen molar-refractivity contribution < 1.29 is 14.3 Å². The molecule has 1 N–H and O–H groups in total. The van der Waals surface area contributed by atoms with Crippen LogP contribution in [0.2, 0.25) is 0 Å². The minimum atomic E-state index is -0.129. The Labute approximate surface area is 170 Å². The summed E-state index contributed by atoms with van der Waals surface area (Å²) in [6, 6.07) is 5.82. The summed E-state index contributed by atoms with van der Waals surface area (Å²) in [5, 5.41) is 12.0. The molecule has 8 nitrogen and oxygen atoms in total. The van der Waals surface area contributed by atoms with E-state index in [2.05, 4.69) is 22.4 Å². The predicted octanol–water partition coefficient (Wildman–Crippen LogP) is 3.77. The number of carbonyl (C=O) groups is 1. The molecule has 0 fully saturated rings. The van der Waals surface area contributed by atoms with Crippen LogP contribution in [0.3, 0.4) is 0 Å². The summed E-state index contributed by atoms with van der Waals surface area (Å²) in [6.45, 7) is 6.53. The van der Waals surface area contributed by atoms with E-state index in [0.717, 1.165) is 60.5 Å². The van der Waals surface area contributed by atoms with Crippen LogP contribution in [0.15, 0.2) is 18.2 Å². The average Bonchev–Trinajstić information content (AvgIpc) is 3.14. The van der Waals surface area contributed by atoms with E-state index >= 15 is 0 Å². The molecule has 1 aromatic carbocycles. The van der Waals surface area contributed by atoms with Gasteiger partial charge in [0, 0.05) is 25.5 Å². The van der Waals surface area contributed by atoms with E-state index in [9.17, 15) is 4.79 Å². The van der Waals surface area contributed by atoms with Gasteiger partial charge in [0.15, 0.2) is 5.82 Å². The zero-order chi connectivity index (χ0) is 20.8. The fourth-order valence-corrected chi connectivity index (χ4v) is 3.25. The number of ether oxygens (including phenoxy) is 2. The molecule has 3 rings (SSSR count). The fourth-order valence-electron chi connectivity index (χ4n) is 3.25. The Morgan fingerprint density at radius 3 is 2.76 bits per heavy atom. The van der Waals surface area contributed by atoms with E-state index < -0.39 is 0 Å². The maximum Gasteiger partial charge on any atom is 0.306 e. The van der Waals surface area contributed by atoms with Crippen LogP contribution in [0.25, 0.3) is 16.7 Å². The topological polar surface area (TPSA) is 90.6 Å². The molecular weight excluding hydrogens is 370 g/mol. The maximum atomic E-state index is 11.6. The third kappa shape index (κ3) is 4.93. The highest BCUT2D eigenvalue weighted by Gasteiger charge is 2.14. The molecule has 2 heterocycles. The van der Waals surface area contributed by atoms with Crippen LogP contribution in [0.5, 0.6) is 5.75 Å². The SMILES string of the molecule is CCc1nnc2c(NCCCCCC(=O)OC(C)C)nc3cc(OC)ccc3n12. The van der Waals surface area contributed by atoms with Crippen LogP contribution >= 0.6 is 0 Å². The van der Waals surface area contributed by atoms with Crippen molar-refractivity contribution in [3.8, 4) is 5.75 Å². The van der Waals surface area contributed by atoms with Crippen LogP contribution in [0.4, 0.5) is 5.82 Å². The summed E-state index contributed by atoms with van der Waals surface area (Å²) >= 11 is 0. The minimum Gasteiger partial charge on any atom is -0.497 e. The van der Waals surface area contributed by atoms with Crippen LogP contribution in [-0.4, -0.2) is 45.3 Å². The Kier molecular flexibility index (Phi) is 6.85. The van der Waals surface area contributed by atoms with Crippen molar-refractivity contribution in [3.05, 3.63) is 24.0 Å². The molecule has 0 aliphatic rings. The Balaban J connectivity index is 1.68. The number of methoxy groups -OCH3 is 1. The number of aryl methyl sites for hydroxylation is 1. The molecule has 0 aliphatic heterocycles. The molecule has 0 aliphatic carbocycles. The number of fused-ring (bicyclic) bond motifs is 3. The number of aromatic nitrogens is 4. The van der Waals surface area contributed by atoms with Gasteiger partial charge in [-0.3, -0.25) is 9.20 Å². The van der Waals surface area contributed by atoms with Crippen molar-refractivity contribution in [3.63, 3.8) is 0 Å². The number of esters is 1. The lowest BCUT2D eigenvalue weighted by Crippen LogP contribution is -2.11. The summed E-state index contributed by atoms with van der Waals surface area (Å²) in [7, 11) is 1.64. The third-order valence-electron chi connectivity index (χ3n) is 4.63. The third-order valence-corrected chi connectivity index (χ3v) is 4.63. The molecule has 0 radical (unpaired) electrons. The lowest BCUT2D eigenvalue weighted by atomic mass is 10.2. The van der Waals surface area contributed by atoms with Crippen molar-refractivity contribution in [2.75, 3.05) is 19.0 Å². The molecule has 29 heavy (non-hydrogen) atoms. The monoisotopic (exact) mass is 399 g/mol. The first-order valence-corrected chi connectivity index (χ1v) is 10.2. The standard InChI is InChI=1S/C21H29N5O3/c1-5-18-24-25-21-20(22-12-8-6-7-9-19(27)29-14(2)3)23-16-13-15(28-4)10-11-17(16)26(18)21/h10-11,13-14H,5-9,12H2,1-4H3,(H,22,23). The molecule has 0 bridgehead atoms. The molecule has 0 saturated carbocycles. The maximum absolute atomic E-state index is 11.6. The lowest BCUT2D eigenvalue weighted by Gasteiger charge is -2.11. The van der Waals surface area contributed by atoms with E-state index in [1.165, 1.54) is 0 Å². The predicted molar refractivity (Wildman–Crippen MR) is 112 cm³/mol. The van der Waals surface area contributed by atoms with Gasteiger partial charge in [-0.25, -0.2) is 4.98 Å². The quantitative estimate of drug-likeness (QED) is 0.410. The van der Waals surface area contributed by atoms with Gasteiger partial charge in [-0.15, -0.1) is 10.2 Å². The normalized spacial score (nSPS) is 11.3. The number of rotatable bonds is 10. The highest BCUT2D eigenvalue weighted by atomic mass is 16.5. The Morgan fingerprint density at radius 2 is 2.03 bits per heavy atom. The molecule has 0 atom stereocenters. The van der Waals surface area contributed by atoms with Crippen molar-refractivity contribution in [1.82, 2.24) is 19.6 Å². The second kappa shape index (κ2) is 9.54. The van der Waals surface area contributed by atoms with Crippen LogP contribution < -0.4 is 10.1 Å². The molecule has 8 heteroatoms. The number of nitrogens with one attached hydrogen (secondary N) is 1. The van der Waals surface area contributed by atoms with Crippen molar-refractivity contribution in [2.45, 2.75) is 59.0 Å². The molecule has 0 spiro atoms. The molecular formula is C21H29N5O3. The van der Waals surface area contributed by atoms with E-state index in [-0.39, 0.29) is 12.1 Å². The lowest BCUT2D eigenvalue weighted by molar-refractivity contribution is -0.147. The first kappa shape index (κ1) is 20.8. The second-order valence-corrected chi connectivity index (χ2v) is 7.22. The van der Waals surface area contributed by atoms with Gasteiger partial charge in [0.2, 0.25) is 5.65 Å². The van der Waals surface area contributed by atoms with E-state index in [1.807, 2.05) is 36.4 Å². The number of benzene rings is 1. The zero-order valence-electron chi connectivity index (χ0n) is 17.6. The van der Waals surface area contributed by atoms with E-state index in [1.54, 1.807) is 7.11 Å². The Bertz CT molecular complexity index is 983. The van der Waals surface area contributed by atoms with E-state index in [0.29, 0.717) is 12.2 Å². The zero-order valence-corrected chi connectivity index (χ0v) is 17.6. The molecule has 2 aromatic heterocycles. The molecule has 0 unspecified atom stereocenters. The van der Waals surface area contributed by atoms with Gasteiger partial charge in [-0.2, -0.15) is 0 Å². The van der Waals surface area contributed by atoms with Gasteiger partial charge in [0.05, 0.1) is 24.2 Å². The largest absolute Gasteiger partial charge is 0.497 e. The Hall–Kier alpha value is -2.90. The van der Waals surface area contributed by atoms with Gasteiger partial charge < -0.3 is 14.8 Å². The molecule has 0 saturated heterocycles. The van der Waals surface area contributed by atoms with Gasteiger partial charge in [-0.05, 0) is 38.8 Å². The number of unbranched alkanes of at least 4 members (excludes halogenated alkanes) is 2. The van der Waals surface area contributed by atoms with Crippen LogP contribution in [-0.2, 0) is 16.0 Å². The van der Waals surface area contributed by atoms with Crippen molar-refractivity contribution >= 4 is 28.5 Å². The molecule has 0 amide bonds. The minimum absolute atomic E-state index is 0.0552. The fraction of sp³-hybridized carbons (Fsp3) is 0.524. The summed E-state index contributed by atoms with van der Waals surface area (Å²) < 4.78 is 12.5. The van der Waals surface area contributed by atoms with Gasteiger partial charge in [0.25, 0.3) is 0 Å². The molecule has 156 valence electrons. The molecule has 3 aromatic rings. The smallest absolute Gasteiger partial charge is 0.306 e. The average molecular weight is 399 g/mol. The number of carbonyl (C=O) groups excluding carboxylic acids is 1. The van der Waals surface area contributed by atoms with E-state index in [4.69, 9.17) is 14.5 Å². The summed E-state index contributed by atoms with van der Waals surface area (Å²) in [6.07, 6.45) is 3.85. The Morgan fingerprint density at radius 1 is 1.21 bits per heavy atom. The van der Waals surface area contributed by atoms with Crippen LogP contribution in [0, 0.1) is 0 Å².